The minimum Gasteiger partial charge on any atom is -0.452 e. The molecule has 2 saturated carbocycles. The largest absolute Gasteiger partial charge is 0.452 e. The van der Waals surface area contributed by atoms with Crippen LogP contribution in [0.2, 0.25) is 0 Å². The number of carbonyl (C=O) groups excluding carboxylic acids is 4. The van der Waals surface area contributed by atoms with Crippen molar-refractivity contribution in [2.24, 2.45) is 23.7 Å². The SMILES string of the molecule is Cc1cc(NC(=O)COC(=O)c2cccc(N3C(=O)[C@@H]4[C@@H]5C[C@@H]([C@H]4C3=O)[C@H](c3ccccc3)C5)c2)ccc1Br. The topological polar surface area (TPSA) is 92.8 Å². The maximum Gasteiger partial charge on any atom is 0.338 e. The first-order chi connectivity index (χ1) is 18.8. The highest BCUT2D eigenvalue weighted by atomic mass is 79.9. The summed E-state index contributed by atoms with van der Waals surface area (Å²) < 4.78 is 6.15. The van der Waals surface area contributed by atoms with Crippen LogP contribution >= 0.6 is 15.9 Å². The van der Waals surface area contributed by atoms with Crippen molar-refractivity contribution in [3.8, 4) is 0 Å². The molecule has 0 unspecified atom stereocenters. The number of anilines is 2. The molecular weight excluding hydrogens is 560 g/mol. The van der Waals surface area contributed by atoms with Crippen LogP contribution in [0.25, 0.3) is 0 Å². The Bertz CT molecular complexity index is 1490. The lowest BCUT2D eigenvalue weighted by molar-refractivity contribution is -0.123. The predicted molar refractivity (Wildman–Crippen MR) is 149 cm³/mol. The van der Waals surface area contributed by atoms with Gasteiger partial charge in [-0.2, -0.15) is 0 Å². The Balaban J connectivity index is 1.13. The lowest BCUT2D eigenvalue weighted by Gasteiger charge is -2.28. The smallest absolute Gasteiger partial charge is 0.338 e. The molecule has 5 atom stereocenters. The number of amides is 3. The summed E-state index contributed by atoms with van der Waals surface area (Å²) in [5, 5.41) is 2.70. The second-order valence-corrected chi connectivity index (χ2v) is 11.5. The summed E-state index contributed by atoms with van der Waals surface area (Å²) in [4.78, 5) is 53.4. The fraction of sp³-hybridized carbons (Fsp3) is 0.290. The van der Waals surface area contributed by atoms with Gasteiger partial charge in [0.15, 0.2) is 6.61 Å². The summed E-state index contributed by atoms with van der Waals surface area (Å²) in [6, 6.07) is 21.9. The van der Waals surface area contributed by atoms with Crippen LogP contribution in [0, 0.1) is 30.6 Å². The van der Waals surface area contributed by atoms with Crippen molar-refractivity contribution in [1.29, 1.82) is 0 Å². The normalized spacial score (nSPS) is 25.1. The lowest BCUT2D eigenvalue weighted by Crippen LogP contribution is -2.33. The number of esters is 1. The zero-order valence-electron chi connectivity index (χ0n) is 21.3. The average molecular weight is 587 g/mol. The molecule has 3 amide bonds. The zero-order chi connectivity index (χ0) is 27.3. The van der Waals surface area contributed by atoms with E-state index in [2.05, 4.69) is 33.4 Å². The Hall–Kier alpha value is -3.78. The van der Waals surface area contributed by atoms with E-state index in [0.29, 0.717) is 11.4 Å². The van der Waals surface area contributed by atoms with Crippen molar-refractivity contribution in [3.05, 3.63) is 94.0 Å². The van der Waals surface area contributed by atoms with Gasteiger partial charge in [0.2, 0.25) is 11.8 Å². The number of hydrogen-bond acceptors (Lipinski definition) is 5. The summed E-state index contributed by atoms with van der Waals surface area (Å²) in [5.74, 6) is -1.57. The molecule has 3 aromatic carbocycles. The first kappa shape index (κ1) is 25.5. The quantitative estimate of drug-likeness (QED) is 0.305. The van der Waals surface area contributed by atoms with Crippen LogP contribution in [0.1, 0.15) is 40.2 Å². The number of benzene rings is 3. The zero-order valence-corrected chi connectivity index (χ0v) is 22.9. The molecule has 3 aromatic rings. The molecule has 39 heavy (non-hydrogen) atoms. The second kappa shape index (κ2) is 10.1. The molecule has 8 heteroatoms. The van der Waals surface area contributed by atoms with E-state index in [1.165, 1.54) is 16.5 Å². The van der Waals surface area contributed by atoms with E-state index in [1.54, 1.807) is 30.3 Å². The highest BCUT2D eigenvalue weighted by Crippen LogP contribution is 2.61. The van der Waals surface area contributed by atoms with E-state index in [9.17, 15) is 19.2 Å². The summed E-state index contributed by atoms with van der Waals surface area (Å²) in [7, 11) is 0. The molecule has 1 aliphatic heterocycles. The van der Waals surface area contributed by atoms with Crippen LogP contribution in [0.3, 0.4) is 0 Å². The fourth-order valence-corrected chi connectivity index (χ4v) is 6.95. The number of carbonyl (C=O) groups is 4. The van der Waals surface area contributed by atoms with Crippen molar-refractivity contribution < 1.29 is 23.9 Å². The van der Waals surface area contributed by atoms with E-state index in [1.807, 2.05) is 31.2 Å². The molecular formula is C31H27BrN2O5. The first-order valence-corrected chi connectivity index (χ1v) is 13.9. The Morgan fingerprint density at radius 2 is 1.72 bits per heavy atom. The summed E-state index contributed by atoms with van der Waals surface area (Å²) in [5.41, 5.74) is 3.31. The number of nitrogens with zero attached hydrogens (tertiary/aromatic N) is 1. The molecule has 1 heterocycles. The average Bonchev–Trinajstić information content (AvgIpc) is 3.61. The van der Waals surface area contributed by atoms with E-state index >= 15 is 0 Å². The number of fused-ring (bicyclic) bond motifs is 5. The number of rotatable bonds is 6. The minimum absolute atomic E-state index is 0.144. The van der Waals surface area contributed by atoms with E-state index < -0.39 is 18.5 Å². The molecule has 2 aliphatic carbocycles. The third-order valence-corrected chi connectivity index (χ3v) is 9.25. The molecule has 198 valence electrons. The highest BCUT2D eigenvalue weighted by molar-refractivity contribution is 9.10. The summed E-state index contributed by atoms with van der Waals surface area (Å²) >= 11 is 3.42. The maximum absolute atomic E-state index is 13.6. The molecule has 0 spiro atoms. The number of nitrogens with one attached hydrogen (secondary N) is 1. The third kappa shape index (κ3) is 4.56. The lowest BCUT2D eigenvalue weighted by atomic mass is 9.73. The van der Waals surface area contributed by atoms with E-state index in [-0.39, 0.29) is 47.0 Å². The van der Waals surface area contributed by atoms with Crippen molar-refractivity contribution >= 4 is 51.0 Å². The molecule has 0 radical (unpaired) electrons. The Morgan fingerprint density at radius 1 is 0.949 bits per heavy atom. The maximum atomic E-state index is 13.6. The number of imide groups is 1. The number of halogens is 1. The molecule has 6 rings (SSSR count). The number of hydrogen-bond donors (Lipinski definition) is 1. The van der Waals surface area contributed by atoms with Gasteiger partial charge in [0, 0.05) is 10.2 Å². The van der Waals surface area contributed by atoms with Gasteiger partial charge in [-0.3, -0.25) is 19.3 Å². The number of ether oxygens (including phenoxy) is 1. The van der Waals surface area contributed by atoms with Gasteiger partial charge in [0.05, 0.1) is 23.1 Å². The Kier molecular flexibility index (Phi) is 6.59. The predicted octanol–water partition coefficient (Wildman–Crippen LogP) is 5.48. The standard InChI is InChI=1S/C31H27BrN2O5/c1-17-12-21(10-11-25(17)32)33-26(35)16-39-31(38)19-8-5-9-22(13-19)34-29(36)27-20-14-23(18-6-3-2-4-7-18)24(15-20)28(27)30(34)37/h2-13,20,23-24,27-28H,14-16H2,1H3,(H,33,35)/t20-,23-,24+,27+,28+/m0/s1. The van der Waals surface area contributed by atoms with Crippen LogP contribution < -0.4 is 10.2 Å². The van der Waals surface area contributed by atoms with Crippen molar-refractivity contribution in [2.75, 3.05) is 16.8 Å². The molecule has 1 saturated heterocycles. The van der Waals surface area contributed by atoms with Crippen molar-refractivity contribution in [1.82, 2.24) is 0 Å². The van der Waals surface area contributed by atoms with Gasteiger partial charge in [0.1, 0.15) is 0 Å². The molecule has 1 N–H and O–H groups in total. The van der Waals surface area contributed by atoms with Crippen molar-refractivity contribution in [2.45, 2.75) is 25.7 Å². The van der Waals surface area contributed by atoms with Gasteiger partial charge < -0.3 is 10.1 Å². The van der Waals surface area contributed by atoms with Crippen LogP contribution in [0.5, 0.6) is 0 Å². The highest BCUT2D eigenvalue weighted by Gasteiger charge is 2.64. The first-order valence-electron chi connectivity index (χ1n) is 13.1. The Labute approximate surface area is 234 Å². The second-order valence-electron chi connectivity index (χ2n) is 10.6. The molecule has 3 fully saturated rings. The third-order valence-electron chi connectivity index (χ3n) is 8.36. The number of aryl methyl sites for hydroxylation is 1. The van der Waals surface area contributed by atoms with Gasteiger partial charge in [-0.1, -0.05) is 52.3 Å². The molecule has 2 bridgehead atoms. The molecule has 3 aliphatic rings. The minimum atomic E-state index is -0.706. The van der Waals surface area contributed by atoms with Gasteiger partial charge >= 0.3 is 5.97 Å². The molecule has 0 aromatic heterocycles. The summed E-state index contributed by atoms with van der Waals surface area (Å²) in [6.45, 7) is 1.44. The summed E-state index contributed by atoms with van der Waals surface area (Å²) in [6.07, 6.45) is 1.81. The van der Waals surface area contributed by atoms with Gasteiger partial charge in [-0.15, -0.1) is 0 Å². The van der Waals surface area contributed by atoms with Crippen LogP contribution in [-0.4, -0.2) is 30.3 Å². The Morgan fingerprint density at radius 3 is 2.49 bits per heavy atom. The van der Waals surface area contributed by atoms with E-state index in [0.717, 1.165) is 22.9 Å². The molecule has 7 nitrogen and oxygen atoms in total. The van der Waals surface area contributed by atoms with Crippen molar-refractivity contribution in [3.63, 3.8) is 0 Å². The van der Waals surface area contributed by atoms with Gasteiger partial charge in [-0.05, 0) is 85.0 Å². The van der Waals surface area contributed by atoms with Gasteiger partial charge in [-0.25, -0.2) is 4.79 Å². The van der Waals surface area contributed by atoms with Crippen LogP contribution in [0.15, 0.2) is 77.3 Å². The van der Waals surface area contributed by atoms with Gasteiger partial charge in [0.25, 0.3) is 5.91 Å². The van der Waals surface area contributed by atoms with Crippen LogP contribution in [-0.2, 0) is 19.1 Å². The monoisotopic (exact) mass is 586 g/mol. The fourth-order valence-electron chi connectivity index (χ4n) is 6.70. The van der Waals surface area contributed by atoms with E-state index in [4.69, 9.17) is 4.74 Å². The van der Waals surface area contributed by atoms with Crippen LogP contribution in [0.4, 0.5) is 11.4 Å².